The van der Waals surface area contributed by atoms with Gasteiger partial charge in [-0.15, -0.1) is 0 Å². The minimum absolute atomic E-state index is 0.906. The molecule has 1 aromatic rings. The Morgan fingerprint density at radius 1 is 1.33 bits per heavy atom. The number of fused-ring (bicyclic) bond motifs is 1. The molecule has 0 bridgehead atoms. The molecule has 1 aromatic carbocycles. The highest BCUT2D eigenvalue weighted by Crippen LogP contribution is 2.29. The van der Waals surface area contributed by atoms with Crippen LogP contribution in [-0.2, 0) is 13.1 Å². The molecule has 0 spiro atoms. The molecule has 0 atom stereocenters. The van der Waals surface area contributed by atoms with Gasteiger partial charge in [-0.25, -0.2) is 0 Å². The van der Waals surface area contributed by atoms with Crippen LogP contribution in [0.4, 0.5) is 0 Å². The fraction of sp³-hybridized carbons (Fsp3) is 0.364. The monoisotopic (exact) mass is 265 g/mol. The van der Waals surface area contributed by atoms with E-state index in [0.717, 1.165) is 32.1 Å². The number of guanidine groups is 1. The summed E-state index contributed by atoms with van der Waals surface area (Å²) in [6.07, 6.45) is 0. The Bertz CT molecular complexity index is 428. The first-order chi connectivity index (χ1) is 7.34. The Balaban J connectivity index is 1.89. The minimum atomic E-state index is 0.906. The van der Waals surface area contributed by atoms with Crippen LogP contribution in [0.1, 0.15) is 11.1 Å². The molecule has 0 saturated carbocycles. The molecule has 0 aromatic heterocycles. The SMILES string of the molecule is Brc1cccc2c1CN(C1=NCCN1)C2. The molecule has 2 heterocycles. The number of benzene rings is 1. The molecule has 0 radical (unpaired) electrons. The maximum absolute atomic E-state index is 4.45. The molecule has 2 aliphatic rings. The van der Waals surface area contributed by atoms with Crippen LogP contribution < -0.4 is 5.32 Å². The molecule has 2 aliphatic heterocycles. The van der Waals surface area contributed by atoms with Gasteiger partial charge in [0.05, 0.1) is 6.54 Å². The molecule has 0 aliphatic carbocycles. The van der Waals surface area contributed by atoms with E-state index in [9.17, 15) is 0 Å². The van der Waals surface area contributed by atoms with E-state index in [-0.39, 0.29) is 0 Å². The van der Waals surface area contributed by atoms with E-state index in [4.69, 9.17) is 0 Å². The first kappa shape index (κ1) is 9.21. The van der Waals surface area contributed by atoms with Gasteiger partial charge in [0.15, 0.2) is 5.96 Å². The topological polar surface area (TPSA) is 27.6 Å². The summed E-state index contributed by atoms with van der Waals surface area (Å²) in [5.41, 5.74) is 2.80. The third-order valence-corrected chi connectivity index (χ3v) is 3.63. The maximum atomic E-state index is 4.45. The molecular weight excluding hydrogens is 254 g/mol. The van der Waals surface area contributed by atoms with Crippen LogP contribution >= 0.6 is 15.9 Å². The van der Waals surface area contributed by atoms with Crippen molar-refractivity contribution in [3.63, 3.8) is 0 Å². The average Bonchev–Trinajstić information content (AvgIpc) is 2.86. The van der Waals surface area contributed by atoms with Crippen LogP contribution in [-0.4, -0.2) is 23.9 Å². The maximum Gasteiger partial charge on any atom is 0.194 e. The summed E-state index contributed by atoms with van der Waals surface area (Å²) in [6.45, 7) is 3.82. The summed E-state index contributed by atoms with van der Waals surface area (Å²) >= 11 is 3.60. The predicted octanol–water partition coefficient (Wildman–Crippen LogP) is 1.72. The van der Waals surface area contributed by atoms with Crippen LogP contribution in [0, 0.1) is 0 Å². The predicted molar refractivity (Wildman–Crippen MR) is 63.7 cm³/mol. The van der Waals surface area contributed by atoms with Gasteiger partial charge >= 0.3 is 0 Å². The first-order valence-corrected chi connectivity index (χ1v) is 5.93. The van der Waals surface area contributed by atoms with Crippen LogP contribution in [0.15, 0.2) is 27.7 Å². The van der Waals surface area contributed by atoms with E-state index in [1.807, 2.05) is 0 Å². The lowest BCUT2D eigenvalue weighted by atomic mass is 10.1. The molecule has 3 nitrogen and oxygen atoms in total. The van der Waals surface area contributed by atoms with Gasteiger partial charge in [0.2, 0.25) is 0 Å². The first-order valence-electron chi connectivity index (χ1n) is 5.14. The van der Waals surface area contributed by atoms with Crippen LogP contribution in [0.3, 0.4) is 0 Å². The molecule has 0 amide bonds. The number of nitrogens with one attached hydrogen (secondary N) is 1. The van der Waals surface area contributed by atoms with Crippen molar-refractivity contribution in [3.05, 3.63) is 33.8 Å². The lowest BCUT2D eigenvalue weighted by Crippen LogP contribution is -2.34. The molecule has 15 heavy (non-hydrogen) atoms. The van der Waals surface area contributed by atoms with Gasteiger partial charge in [0.1, 0.15) is 0 Å². The number of aliphatic imine (C=N–C) groups is 1. The van der Waals surface area contributed by atoms with Crippen molar-refractivity contribution >= 4 is 21.9 Å². The van der Waals surface area contributed by atoms with Gasteiger partial charge < -0.3 is 10.2 Å². The van der Waals surface area contributed by atoms with Gasteiger partial charge in [-0.3, -0.25) is 4.99 Å². The van der Waals surface area contributed by atoms with E-state index >= 15 is 0 Å². The average molecular weight is 266 g/mol. The van der Waals surface area contributed by atoms with Crippen molar-refractivity contribution in [1.82, 2.24) is 10.2 Å². The standard InChI is InChI=1S/C11H12BrN3/c12-10-3-1-2-8-6-15(7-9(8)10)11-13-4-5-14-11/h1-3H,4-7H2,(H,13,14). The Labute approximate surface area is 97.3 Å². The second-order valence-corrected chi connectivity index (χ2v) is 4.72. The van der Waals surface area contributed by atoms with Crippen molar-refractivity contribution < 1.29 is 0 Å². The zero-order valence-electron chi connectivity index (χ0n) is 8.33. The van der Waals surface area contributed by atoms with Crippen molar-refractivity contribution in [2.45, 2.75) is 13.1 Å². The molecule has 4 heteroatoms. The van der Waals surface area contributed by atoms with Crippen LogP contribution in [0.5, 0.6) is 0 Å². The van der Waals surface area contributed by atoms with E-state index in [1.165, 1.54) is 15.6 Å². The summed E-state index contributed by atoms with van der Waals surface area (Å²) < 4.78 is 1.21. The van der Waals surface area contributed by atoms with E-state index < -0.39 is 0 Å². The lowest BCUT2D eigenvalue weighted by molar-refractivity contribution is 0.435. The molecular formula is C11H12BrN3. The highest BCUT2D eigenvalue weighted by Gasteiger charge is 2.24. The molecule has 0 saturated heterocycles. The Morgan fingerprint density at radius 3 is 3.00 bits per heavy atom. The lowest BCUT2D eigenvalue weighted by Gasteiger charge is -2.17. The second kappa shape index (κ2) is 3.52. The van der Waals surface area contributed by atoms with Gasteiger partial charge in [0, 0.05) is 24.1 Å². The number of nitrogens with zero attached hydrogens (tertiary/aromatic N) is 2. The summed E-state index contributed by atoms with van der Waals surface area (Å²) in [4.78, 5) is 6.74. The van der Waals surface area contributed by atoms with Gasteiger partial charge in [-0.1, -0.05) is 28.1 Å². The molecule has 1 N–H and O–H groups in total. The van der Waals surface area contributed by atoms with E-state index in [2.05, 4.69) is 49.3 Å². The van der Waals surface area contributed by atoms with Crippen LogP contribution in [0.25, 0.3) is 0 Å². The summed E-state index contributed by atoms with van der Waals surface area (Å²) in [5.74, 6) is 1.05. The normalized spacial score (nSPS) is 18.7. The number of hydrogen-bond acceptors (Lipinski definition) is 3. The summed E-state index contributed by atoms with van der Waals surface area (Å²) in [5, 5.41) is 3.31. The summed E-state index contributed by atoms with van der Waals surface area (Å²) in [6, 6.07) is 6.39. The molecule has 0 unspecified atom stereocenters. The van der Waals surface area contributed by atoms with Crippen LogP contribution in [0.2, 0.25) is 0 Å². The van der Waals surface area contributed by atoms with Gasteiger partial charge in [-0.2, -0.15) is 0 Å². The molecule has 0 fully saturated rings. The van der Waals surface area contributed by atoms with E-state index in [1.54, 1.807) is 0 Å². The molecule has 3 rings (SSSR count). The zero-order chi connectivity index (χ0) is 10.3. The Kier molecular flexibility index (Phi) is 2.16. The van der Waals surface area contributed by atoms with Crippen molar-refractivity contribution in [1.29, 1.82) is 0 Å². The van der Waals surface area contributed by atoms with Gasteiger partial charge in [0.25, 0.3) is 0 Å². The van der Waals surface area contributed by atoms with Crippen molar-refractivity contribution in [3.8, 4) is 0 Å². The Hall–Kier alpha value is -1.03. The quantitative estimate of drug-likeness (QED) is 0.774. The minimum Gasteiger partial charge on any atom is -0.354 e. The highest BCUT2D eigenvalue weighted by molar-refractivity contribution is 9.10. The highest BCUT2D eigenvalue weighted by atomic mass is 79.9. The fourth-order valence-electron chi connectivity index (χ4n) is 2.13. The smallest absolute Gasteiger partial charge is 0.194 e. The largest absolute Gasteiger partial charge is 0.354 e. The number of rotatable bonds is 0. The fourth-order valence-corrected chi connectivity index (χ4v) is 2.66. The second-order valence-electron chi connectivity index (χ2n) is 3.87. The van der Waals surface area contributed by atoms with Gasteiger partial charge in [-0.05, 0) is 17.2 Å². The third kappa shape index (κ3) is 1.53. The number of halogens is 1. The third-order valence-electron chi connectivity index (χ3n) is 2.88. The van der Waals surface area contributed by atoms with Crippen molar-refractivity contribution in [2.24, 2.45) is 4.99 Å². The summed E-state index contributed by atoms with van der Waals surface area (Å²) in [7, 11) is 0. The zero-order valence-corrected chi connectivity index (χ0v) is 9.92. The Morgan fingerprint density at radius 2 is 2.27 bits per heavy atom. The number of hydrogen-bond donors (Lipinski definition) is 1. The molecule has 78 valence electrons. The van der Waals surface area contributed by atoms with E-state index in [0.29, 0.717) is 0 Å². The van der Waals surface area contributed by atoms with Crippen molar-refractivity contribution in [2.75, 3.05) is 13.1 Å².